The summed E-state index contributed by atoms with van der Waals surface area (Å²) in [4.78, 5) is 11.6. The number of hydrogen-bond donors (Lipinski definition) is 1. The van der Waals surface area contributed by atoms with Gasteiger partial charge >= 0.3 is 5.97 Å². The van der Waals surface area contributed by atoms with E-state index >= 15 is 0 Å². The Labute approximate surface area is 116 Å². The highest BCUT2D eigenvalue weighted by atomic mass is 19.2. The molecular formula is C14H9F4NO2. The fourth-order valence-electron chi connectivity index (χ4n) is 1.58. The van der Waals surface area contributed by atoms with Crippen molar-refractivity contribution in [1.82, 2.24) is 0 Å². The van der Waals surface area contributed by atoms with Crippen molar-refractivity contribution >= 4 is 11.7 Å². The first kappa shape index (κ1) is 14.8. The highest BCUT2D eigenvalue weighted by Gasteiger charge is 2.16. The zero-order chi connectivity index (χ0) is 15.6. The molecule has 0 bridgehead atoms. The van der Waals surface area contributed by atoms with Gasteiger partial charge in [0.15, 0.2) is 11.6 Å². The van der Waals surface area contributed by atoms with Gasteiger partial charge in [-0.25, -0.2) is 22.4 Å². The molecule has 0 unspecified atom stereocenters. The van der Waals surface area contributed by atoms with Crippen molar-refractivity contribution in [3.63, 3.8) is 0 Å². The molecule has 0 radical (unpaired) electrons. The van der Waals surface area contributed by atoms with Gasteiger partial charge in [0, 0.05) is 6.07 Å². The predicted molar refractivity (Wildman–Crippen MR) is 66.2 cm³/mol. The van der Waals surface area contributed by atoms with Crippen LogP contribution in [0.3, 0.4) is 0 Å². The summed E-state index contributed by atoms with van der Waals surface area (Å²) in [6.45, 7) is -0.396. The third kappa shape index (κ3) is 3.31. The zero-order valence-electron chi connectivity index (χ0n) is 10.5. The van der Waals surface area contributed by atoms with Gasteiger partial charge in [0.1, 0.15) is 18.2 Å². The number of halogens is 4. The van der Waals surface area contributed by atoms with Crippen LogP contribution in [0.1, 0.15) is 15.9 Å². The van der Waals surface area contributed by atoms with Crippen molar-refractivity contribution in [3.8, 4) is 0 Å². The van der Waals surface area contributed by atoms with E-state index in [0.717, 1.165) is 18.2 Å². The quantitative estimate of drug-likeness (QED) is 0.538. The molecule has 0 atom stereocenters. The van der Waals surface area contributed by atoms with E-state index in [0.29, 0.717) is 6.07 Å². The van der Waals surface area contributed by atoms with E-state index in [1.165, 1.54) is 6.07 Å². The number of carbonyl (C=O) groups excluding carboxylic acids is 1. The summed E-state index contributed by atoms with van der Waals surface area (Å²) in [5.41, 5.74) is 4.46. The number of anilines is 1. The van der Waals surface area contributed by atoms with E-state index in [-0.39, 0.29) is 5.56 Å². The Morgan fingerprint density at radius 2 is 1.67 bits per heavy atom. The molecule has 2 aromatic rings. The lowest BCUT2D eigenvalue weighted by atomic mass is 10.2. The van der Waals surface area contributed by atoms with Crippen LogP contribution in [0.2, 0.25) is 0 Å². The SMILES string of the molecule is Nc1cc(C(=O)OCc2ccc(F)c(F)c2)c(F)cc1F. The lowest BCUT2D eigenvalue weighted by molar-refractivity contribution is 0.0467. The molecule has 0 aliphatic rings. The molecule has 21 heavy (non-hydrogen) atoms. The maximum Gasteiger partial charge on any atom is 0.341 e. The highest BCUT2D eigenvalue weighted by molar-refractivity contribution is 5.90. The number of hydrogen-bond acceptors (Lipinski definition) is 3. The Bertz CT molecular complexity index is 704. The van der Waals surface area contributed by atoms with Crippen LogP contribution in [0.5, 0.6) is 0 Å². The molecule has 3 nitrogen and oxygen atoms in total. The number of ether oxygens (including phenoxy) is 1. The van der Waals surface area contributed by atoms with Crippen molar-refractivity contribution in [2.24, 2.45) is 0 Å². The molecule has 0 saturated heterocycles. The van der Waals surface area contributed by atoms with Gasteiger partial charge in [-0.1, -0.05) is 6.07 Å². The number of nitrogen functional groups attached to an aromatic ring is 1. The second-order valence-electron chi connectivity index (χ2n) is 4.18. The first-order valence-corrected chi connectivity index (χ1v) is 5.74. The van der Waals surface area contributed by atoms with Crippen molar-refractivity contribution in [3.05, 3.63) is 64.7 Å². The van der Waals surface area contributed by atoms with Gasteiger partial charge < -0.3 is 10.5 Å². The normalized spacial score (nSPS) is 10.5. The van der Waals surface area contributed by atoms with Crippen LogP contribution < -0.4 is 5.73 Å². The number of esters is 1. The van der Waals surface area contributed by atoms with Crippen molar-refractivity contribution in [1.29, 1.82) is 0 Å². The fourth-order valence-corrected chi connectivity index (χ4v) is 1.58. The molecule has 7 heteroatoms. The van der Waals surface area contributed by atoms with E-state index in [4.69, 9.17) is 10.5 Å². The van der Waals surface area contributed by atoms with E-state index in [9.17, 15) is 22.4 Å². The molecule has 0 fully saturated rings. The summed E-state index contributed by atoms with van der Waals surface area (Å²) in [5, 5.41) is 0. The molecule has 110 valence electrons. The van der Waals surface area contributed by atoms with Crippen molar-refractivity contribution in [2.45, 2.75) is 6.61 Å². The Hall–Kier alpha value is -2.57. The Balaban J connectivity index is 2.11. The van der Waals surface area contributed by atoms with Crippen LogP contribution in [-0.2, 0) is 11.3 Å². The maximum absolute atomic E-state index is 13.4. The number of carbonyl (C=O) groups is 1. The molecule has 2 rings (SSSR count). The predicted octanol–water partition coefficient (Wildman–Crippen LogP) is 3.18. The second kappa shape index (κ2) is 5.82. The van der Waals surface area contributed by atoms with Gasteiger partial charge in [0.25, 0.3) is 0 Å². The van der Waals surface area contributed by atoms with Crippen LogP contribution >= 0.6 is 0 Å². The minimum absolute atomic E-state index is 0.178. The summed E-state index contributed by atoms with van der Waals surface area (Å²) in [6.07, 6.45) is 0. The minimum atomic E-state index is -1.13. The second-order valence-corrected chi connectivity index (χ2v) is 4.18. The Kier molecular flexibility index (Phi) is 4.11. The standard InChI is InChI=1S/C14H9F4NO2/c15-9-2-1-7(3-11(9)17)6-21-14(20)8-4-13(19)12(18)5-10(8)16/h1-5H,6,19H2. The minimum Gasteiger partial charge on any atom is -0.457 e. The topological polar surface area (TPSA) is 52.3 Å². The molecule has 0 aliphatic heterocycles. The number of benzene rings is 2. The van der Waals surface area contributed by atoms with E-state index in [1.54, 1.807) is 0 Å². The third-order valence-electron chi connectivity index (χ3n) is 2.66. The fraction of sp³-hybridized carbons (Fsp3) is 0.0714. The van der Waals surface area contributed by atoms with Gasteiger partial charge in [0.05, 0.1) is 11.3 Å². The van der Waals surface area contributed by atoms with Crippen LogP contribution in [0.15, 0.2) is 30.3 Å². The average molecular weight is 299 g/mol. The molecule has 2 N–H and O–H groups in total. The molecule has 2 aromatic carbocycles. The maximum atomic E-state index is 13.4. The first-order valence-electron chi connectivity index (χ1n) is 5.74. The summed E-state index contributed by atoms with van der Waals surface area (Å²) < 4.78 is 56.8. The van der Waals surface area contributed by atoms with Gasteiger partial charge in [0.2, 0.25) is 0 Å². The van der Waals surface area contributed by atoms with Gasteiger partial charge in [-0.15, -0.1) is 0 Å². The summed E-state index contributed by atoms with van der Waals surface area (Å²) >= 11 is 0. The van der Waals surface area contributed by atoms with Crippen molar-refractivity contribution in [2.75, 3.05) is 5.73 Å². The Morgan fingerprint density at radius 1 is 0.952 bits per heavy atom. The van der Waals surface area contributed by atoms with Crippen LogP contribution in [0, 0.1) is 23.3 Å². The average Bonchev–Trinajstić information content (AvgIpc) is 2.44. The zero-order valence-corrected chi connectivity index (χ0v) is 10.5. The number of rotatable bonds is 3. The van der Waals surface area contributed by atoms with E-state index in [2.05, 4.69) is 0 Å². The van der Waals surface area contributed by atoms with Gasteiger partial charge in [-0.3, -0.25) is 0 Å². The third-order valence-corrected chi connectivity index (χ3v) is 2.66. The molecule has 0 aromatic heterocycles. The van der Waals surface area contributed by atoms with Gasteiger partial charge in [-0.2, -0.15) is 0 Å². The van der Waals surface area contributed by atoms with Crippen LogP contribution in [0.25, 0.3) is 0 Å². The van der Waals surface area contributed by atoms with Gasteiger partial charge in [-0.05, 0) is 23.8 Å². The molecule has 0 aliphatic carbocycles. The van der Waals surface area contributed by atoms with E-state index < -0.39 is 47.1 Å². The molecule has 0 saturated carbocycles. The molecule has 0 amide bonds. The molecular weight excluding hydrogens is 290 g/mol. The lowest BCUT2D eigenvalue weighted by Crippen LogP contribution is -2.09. The van der Waals surface area contributed by atoms with Crippen LogP contribution in [0.4, 0.5) is 23.2 Å². The Morgan fingerprint density at radius 3 is 2.33 bits per heavy atom. The highest BCUT2D eigenvalue weighted by Crippen LogP contribution is 2.18. The largest absolute Gasteiger partial charge is 0.457 e. The first-order chi connectivity index (χ1) is 9.88. The summed E-state index contributed by atoms with van der Waals surface area (Å²) in [7, 11) is 0. The van der Waals surface area contributed by atoms with Crippen molar-refractivity contribution < 1.29 is 27.1 Å². The number of nitrogens with two attached hydrogens (primary N) is 1. The summed E-state index contributed by atoms with van der Waals surface area (Å²) in [6, 6.07) is 4.19. The summed E-state index contributed by atoms with van der Waals surface area (Å²) in [5.74, 6) is -5.35. The molecule has 0 spiro atoms. The molecule has 0 heterocycles. The van der Waals surface area contributed by atoms with Crippen LogP contribution in [-0.4, -0.2) is 5.97 Å². The van der Waals surface area contributed by atoms with E-state index in [1.807, 2.05) is 0 Å². The monoisotopic (exact) mass is 299 g/mol. The lowest BCUT2D eigenvalue weighted by Gasteiger charge is -2.07. The smallest absolute Gasteiger partial charge is 0.341 e.